The first kappa shape index (κ1) is 10.9. The first-order valence-corrected chi connectivity index (χ1v) is 6.27. The van der Waals surface area contributed by atoms with Gasteiger partial charge in [-0.25, -0.2) is 0 Å². The Hall–Kier alpha value is -1.22. The van der Waals surface area contributed by atoms with E-state index in [0.717, 1.165) is 24.5 Å². The van der Waals surface area contributed by atoms with E-state index in [-0.39, 0.29) is 11.5 Å². The Morgan fingerprint density at radius 3 is 2.76 bits per heavy atom. The van der Waals surface area contributed by atoms with Crippen molar-refractivity contribution < 1.29 is 9.47 Å². The van der Waals surface area contributed by atoms with Gasteiger partial charge in [0.15, 0.2) is 11.5 Å². The van der Waals surface area contributed by atoms with Gasteiger partial charge >= 0.3 is 0 Å². The minimum absolute atomic E-state index is 0.185. The summed E-state index contributed by atoms with van der Waals surface area (Å²) in [5.41, 5.74) is 8.91. The number of methoxy groups -OCH3 is 1. The van der Waals surface area contributed by atoms with Crippen LogP contribution < -0.4 is 15.2 Å². The number of rotatable bonds is 3. The van der Waals surface area contributed by atoms with Crippen LogP contribution in [-0.2, 0) is 11.8 Å². The SMILES string of the molecule is COc1cc(C2(C(C)N)CC2)cc2c1OCC2. The first-order chi connectivity index (χ1) is 8.17. The molecule has 1 aliphatic carbocycles. The molecule has 3 rings (SSSR count). The Bertz CT molecular complexity index is 450. The zero-order chi connectivity index (χ0) is 12.0. The van der Waals surface area contributed by atoms with Crippen molar-refractivity contribution in [1.82, 2.24) is 0 Å². The summed E-state index contributed by atoms with van der Waals surface area (Å²) < 4.78 is 11.0. The minimum atomic E-state index is 0.185. The van der Waals surface area contributed by atoms with Gasteiger partial charge in [-0.15, -0.1) is 0 Å². The summed E-state index contributed by atoms with van der Waals surface area (Å²) >= 11 is 0. The molecule has 17 heavy (non-hydrogen) atoms. The van der Waals surface area contributed by atoms with E-state index in [1.165, 1.54) is 24.0 Å². The van der Waals surface area contributed by atoms with Gasteiger partial charge in [0.05, 0.1) is 13.7 Å². The second kappa shape index (κ2) is 3.64. The van der Waals surface area contributed by atoms with E-state index in [1.807, 2.05) is 0 Å². The molecule has 1 atom stereocenters. The summed E-state index contributed by atoms with van der Waals surface area (Å²) in [6.07, 6.45) is 3.36. The van der Waals surface area contributed by atoms with Crippen LogP contribution in [0.3, 0.4) is 0 Å². The predicted octanol–water partition coefficient (Wildman–Crippen LogP) is 2.01. The lowest BCUT2D eigenvalue weighted by Crippen LogP contribution is -2.31. The van der Waals surface area contributed by atoms with E-state index in [0.29, 0.717) is 0 Å². The lowest BCUT2D eigenvalue weighted by Gasteiger charge is -2.21. The molecule has 0 amide bonds. The maximum atomic E-state index is 6.13. The Morgan fingerprint density at radius 1 is 1.41 bits per heavy atom. The molecule has 0 bridgehead atoms. The van der Waals surface area contributed by atoms with Crippen LogP contribution in [0.5, 0.6) is 11.5 Å². The molecule has 92 valence electrons. The Kier molecular flexibility index (Phi) is 2.33. The van der Waals surface area contributed by atoms with Crippen molar-refractivity contribution in [3.05, 3.63) is 23.3 Å². The highest BCUT2D eigenvalue weighted by Crippen LogP contribution is 2.52. The third-order valence-electron chi connectivity index (χ3n) is 4.20. The molecular formula is C14H19NO2. The second-order valence-corrected chi connectivity index (χ2v) is 5.21. The molecule has 0 spiro atoms. The van der Waals surface area contributed by atoms with E-state index in [2.05, 4.69) is 19.1 Å². The third-order valence-corrected chi connectivity index (χ3v) is 4.20. The van der Waals surface area contributed by atoms with E-state index >= 15 is 0 Å². The van der Waals surface area contributed by atoms with E-state index in [4.69, 9.17) is 15.2 Å². The first-order valence-electron chi connectivity index (χ1n) is 6.27. The molecule has 3 heteroatoms. The van der Waals surface area contributed by atoms with Gasteiger partial charge in [0, 0.05) is 23.4 Å². The topological polar surface area (TPSA) is 44.5 Å². The molecule has 1 fully saturated rings. The van der Waals surface area contributed by atoms with E-state index < -0.39 is 0 Å². The molecule has 1 heterocycles. The van der Waals surface area contributed by atoms with Gasteiger partial charge in [0.1, 0.15) is 0 Å². The van der Waals surface area contributed by atoms with E-state index in [9.17, 15) is 0 Å². The zero-order valence-corrected chi connectivity index (χ0v) is 10.5. The smallest absolute Gasteiger partial charge is 0.164 e. The van der Waals surface area contributed by atoms with Crippen LogP contribution in [0.4, 0.5) is 0 Å². The summed E-state index contributed by atoms with van der Waals surface area (Å²) in [7, 11) is 1.70. The van der Waals surface area contributed by atoms with Crippen LogP contribution in [0.2, 0.25) is 0 Å². The molecule has 0 aromatic heterocycles. The summed E-state index contributed by atoms with van der Waals surface area (Å²) in [6.45, 7) is 2.86. The predicted molar refractivity (Wildman–Crippen MR) is 66.8 cm³/mol. The second-order valence-electron chi connectivity index (χ2n) is 5.21. The average molecular weight is 233 g/mol. The maximum Gasteiger partial charge on any atom is 0.164 e. The molecular weight excluding hydrogens is 214 g/mol. The molecule has 2 aliphatic rings. The maximum absolute atomic E-state index is 6.13. The van der Waals surface area contributed by atoms with Crippen LogP contribution >= 0.6 is 0 Å². The normalized spacial score (nSPS) is 21.6. The average Bonchev–Trinajstić information content (AvgIpc) is 3.01. The van der Waals surface area contributed by atoms with Gasteiger partial charge in [0.25, 0.3) is 0 Å². The van der Waals surface area contributed by atoms with Gasteiger partial charge in [-0.2, -0.15) is 0 Å². The third kappa shape index (κ3) is 1.53. The van der Waals surface area contributed by atoms with Crippen molar-refractivity contribution in [2.45, 2.75) is 37.6 Å². The standard InChI is InChI=1S/C14H19NO2/c1-9(15)14(4-5-14)11-7-10-3-6-17-13(10)12(8-11)16-2/h7-9H,3-6,15H2,1-2H3. The summed E-state index contributed by atoms with van der Waals surface area (Å²) in [5, 5.41) is 0. The van der Waals surface area contributed by atoms with Gasteiger partial charge in [-0.1, -0.05) is 6.07 Å². The summed E-state index contributed by atoms with van der Waals surface area (Å²) in [5.74, 6) is 1.79. The fourth-order valence-electron chi connectivity index (χ4n) is 2.85. The van der Waals surface area contributed by atoms with Gasteiger partial charge in [0.2, 0.25) is 0 Å². The van der Waals surface area contributed by atoms with Crippen LogP contribution in [0, 0.1) is 0 Å². The lowest BCUT2D eigenvalue weighted by atomic mass is 9.88. The molecule has 1 unspecified atom stereocenters. The number of hydrogen-bond acceptors (Lipinski definition) is 3. The number of benzene rings is 1. The molecule has 1 aromatic carbocycles. The number of hydrogen-bond donors (Lipinski definition) is 1. The van der Waals surface area contributed by atoms with Crippen molar-refractivity contribution in [3.63, 3.8) is 0 Å². The summed E-state index contributed by atoms with van der Waals surface area (Å²) in [4.78, 5) is 0. The van der Waals surface area contributed by atoms with Gasteiger partial charge in [-0.3, -0.25) is 0 Å². The molecule has 1 aliphatic heterocycles. The number of ether oxygens (including phenoxy) is 2. The Labute approximate surface area is 102 Å². The fourth-order valence-corrected chi connectivity index (χ4v) is 2.85. The van der Waals surface area contributed by atoms with E-state index in [1.54, 1.807) is 7.11 Å². The number of fused-ring (bicyclic) bond motifs is 1. The quantitative estimate of drug-likeness (QED) is 0.868. The molecule has 3 nitrogen and oxygen atoms in total. The van der Waals surface area contributed by atoms with Gasteiger partial charge < -0.3 is 15.2 Å². The van der Waals surface area contributed by atoms with Crippen LogP contribution in [-0.4, -0.2) is 19.8 Å². The number of nitrogens with two attached hydrogens (primary N) is 1. The van der Waals surface area contributed by atoms with Crippen LogP contribution in [0.25, 0.3) is 0 Å². The van der Waals surface area contributed by atoms with Crippen molar-refractivity contribution in [1.29, 1.82) is 0 Å². The molecule has 1 saturated carbocycles. The largest absolute Gasteiger partial charge is 0.493 e. The Balaban J connectivity index is 2.07. The molecule has 1 aromatic rings. The highest BCUT2D eigenvalue weighted by atomic mass is 16.5. The van der Waals surface area contributed by atoms with Crippen molar-refractivity contribution in [2.75, 3.05) is 13.7 Å². The van der Waals surface area contributed by atoms with Crippen LogP contribution in [0.15, 0.2) is 12.1 Å². The zero-order valence-electron chi connectivity index (χ0n) is 10.5. The molecule has 0 radical (unpaired) electrons. The molecule has 2 N–H and O–H groups in total. The van der Waals surface area contributed by atoms with Crippen molar-refractivity contribution in [2.24, 2.45) is 5.73 Å². The van der Waals surface area contributed by atoms with Gasteiger partial charge in [-0.05, 0) is 31.4 Å². The lowest BCUT2D eigenvalue weighted by molar-refractivity contribution is 0.325. The highest BCUT2D eigenvalue weighted by Gasteiger charge is 2.48. The summed E-state index contributed by atoms with van der Waals surface area (Å²) in [6, 6.07) is 4.58. The Morgan fingerprint density at radius 2 is 2.18 bits per heavy atom. The van der Waals surface area contributed by atoms with Crippen LogP contribution in [0.1, 0.15) is 30.9 Å². The van der Waals surface area contributed by atoms with Crippen molar-refractivity contribution in [3.8, 4) is 11.5 Å². The molecule has 0 saturated heterocycles. The highest BCUT2D eigenvalue weighted by molar-refractivity contribution is 5.54. The fraction of sp³-hybridized carbons (Fsp3) is 0.571. The minimum Gasteiger partial charge on any atom is -0.493 e. The van der Waals surface area contributed by atoms with Crippen molar-refractivity contribution >= 4 is 0 Å². The monoisotopic (exact) mass is 233 g/mol.